The smallest absolute Gasteiger partial charge is 0.0165 e. The number of rotatable bonds is 2. The molecule has 0 radical (unpaired) electrons. The van der Waals surface area contributed by atoms with Gasteiger partial charge in [0.2, 0.25) is 0 Å². The predicted octanol–water partition coefficient (Wildman–Crippen LogP) is 2.54. The van der Waals surface area contributed by atoms with Crippen LogP contribution in [0.25, 0.3) is 0 Å². The first-order valence-corrected chi connectivity index (χ1v) is 5.37. The van der Waals surface area contributed by atoms with Gasteiger partial charge < -0.3 is 0 Å². The lowest BCUT2D eigenvalue weighted by Gasteiger charge is -2.20. The van der Waals surface area contributed by atoms with Crippen molar-refractivity contribution in [3.8, 4) is 0 Å². The molecule has 1 saturated heterocycles. The van der Waals surface area contributed by atoms with Crippen LogP contribution in [-0.4, -0.2) is 24.5 Å². The summed E-state index contributed by atoms with van der Waals surface area (Å²) in [6, 6.07) is 0. The van der Waals surface area contributed by atoms with Gasteiger partial charge in [-0.05, 0) is 31.1 Å². The topological polar surface area (TPSA) is 3.24 Å². The Bertz CT molecular complexity index is 222. The summed E-state index contributed by atoms with van der Waals surface area (Å²) in [6.45, 7) is 13.0. The van der Waals surface area contributed by atoms with Gasteiger partial charge >= 0.3 is 0 Å². The van der Waals surface area contributed by atoms with Crippen LogP contribution < -0.4 is 0 Å². The third-order valence-corrected chi connectivity index (χ3v) is 3.96. The van der Waals surface area contributed by atoms with E-state index in [1.54, 1.807) is 0 Å². The van der Waals surface area contributed by atoms with E-state index in [0.29, 0.717) is 5.41 Å². The summed E-state index contributed by atoms with van der Waals surface area (Å²) >= 11 is 0. The summed E-state index contributed by atoms with van der Waals surface area (Å²) in [4.78, 5) is 2.59. The molecule has 74 valence electrons. The third kappa shape index (κ3) is 1.54. The average molecular weight is 179 g/mol. The van der Waals surface area contributed by atoms with E-state index in [1.165, 1.54) is 25.2 Å². The number of hydrogen-bond acceptors (Lipinski definition) is 1. The predicted molar refractivity (Wildman–Crippen MR) is 56.6 cm³/mol. The third-order valence-electron chi connectivity index (χ3n) is 3.96. The molecule has 1 aliphatic heterocycles. The minimum Gasteiger partial charge on any atom is -0.299 e. The maximum absolute atomic E-state index is 2.59. The highest BCUT2D eigenvalue weighted by atomic mass is 15.2. The van der Waals surface area contributed by atoms with Crippen molar-refractivity contribution in [2.75, 3.05) is 19.6 Å². The summed E-state index contributed by atoms with van der Waals surface area (Å²) in [5, 5.41) is 0. The fourth-order valence-electron chi connectivity index (χ4n) is 2.67. The average Bonchev–Trinajstić information content (AvgIpc) is 2.51. The SMILES string of the molecule is CC(C)=CCN1CC2C(C1)C2(C)C. The number of likely N-dealkylation sites (tertiary alicyclic amines) is 1. The summed E-state index contributed by atoms with van der Waals surface area (Å²) in [6.07, 6.45) is 2.34. The molecule has 1 saturated carbocycles. The van der Waals surface area contributed by atoms with E-state index in [2.05, 4.69) is 38.7 Å². The molecular formula is C12H21N. The van der Waals surface area contributed by atoms with E-state index in [4.69, 9.17) is 0 Å². The summed E-state index contributed by atoms with van der Waals surface area (Å²) in [7, 11) is 0. The lowest BCUT2D eigenvalue weighted by atomic mass is 10.1. The molecule has 2 atom stereocenters. The molecule has 1 aliphatic carbocycles. The first-order valence-electron chi connectivity index (χ1n) is 5.37. The highest BCUT2D eigenvalue weighted by molar-refractivity contribution is 5.12. The molecule has 0 aromatic heterocycles. The highest BCUT2D eigenvalue weighted by Crippen LogP contribution is 2.61. The molecular weight excluding hydrogens is 158 g/mol. The van der Waals surface area contributed by atoms with Gasteiger partial charge in [-0.25, -0.2) is 0 Å². The van der Waals surface area contributed by atoms with Gasteiger partial charge in [-0.1, -0.05) is 25.5 Å². The molecule has 2 fully saturated rings. The second-order valence-corrected chi connectivity index (χ2v) is 5.53. The van der Waals surface area contributed by atoms with E-state index in [-0.39, 0.29) is 0 Å². The molecule has 2 unspecified atom stereocenters. The zero-order chi connectivity index (χ0) is 9.64. The Morgan fingerprint density at radius 2 is 1.85 bits per heavy atom. The second kappa shape index (κ2) is 2.84. The first kappa shape index (κ1) is 9.26. The van der Waals surface area contributed by atoms with Gasteiger partial charge in [0.15, 0.2) is 0 Å². The van der Waals surface area contributed by atoms with E-state index in [0.717, 1.165) is 11.8 Å². The van der Waals surface area contributed by atoms with Gasteiger partial charge in [0.05, 0.1) is 0 Å². The van der Waals surface area contributed by atoms with Gasteiger partial charge in [0.25, 0.3) is 0 Å². The molecule has 13 heavy (non-hydrogen) atoms. The molecule has 1 heteroatoms. The van der Waals surface area contributed by atoms with Gasteiger partial charge in [-0.15, -0.1) is 0 Å². The Kier molecular flexibility index (Phi) is 2.03. The summed E-state index contributed by atoms with van der Waals surface area (Å²) in [5.41, 5.74) is 2.11. The zero-order valence-electron chi connectivity index (χ0n) is 9.30. The van der Waals surface area contributed by atoms with Crippen molar-refractivity contribution >= 4 is 0 Å². The summed E-state index contributed by atoms with van der Waals surface area (Å²) < 4.78 is 0. The lowest BCUT2D eigenvalue weighted by Crippen LogP contribution is -2.26. The van der Waals surface area contributed by atoms with Crippen molar-refractivity contribution in [2.24, 2.45) is 17.3 Å². The maximum Gasteiger partial charge on any atom is 0.0165 e. The van der Waals surface area contributed by atoms with Gasteiger partial charge in [0, 0.05) is 19.6 Å². The molecule has 0 bridgehead atoms. The Balaban J connectivity index is 1.81. The van der Waals surface area contributed by atoms with Crippen molar-refractivity contribution < 1.29 is 0 Å². The molecule has 0 N–H and O–H groups in total. The monoisotopic (exact) mass is 179 g/mol. The normalized spacial score (nSPS) is 35.7. The lowest BCUT2D eigenvalue weighted by molar-refractivity contribution is 0.281. The standard InChI is InChI=1S/C12H21N/c1-9(2)5-6-13-7-10-11(8-13)12(10,3)4/h5,10-11H,6-8H2,1-4H3. The maximum atomic E-state index is 2.59. The van der Waals surface area contributed by atoms with E-state index >= 15 is 0 Å². The molecule has 0 aromatic carbocycles. The van der Waals surface area contributed by atoms with Crippen molar-refractivity contribution in [3.63, 3.8) is 0 Å². The number of hydrogen-bond donors (Lipinski definition) is 0. The van der Waals surface area contributed by atoms with Crippen LogP contribution in [0.1, 0.15) is 27.7 Å². The fourth-order valence-corrected chi connectivity index (χ4v) is 2.67. The highest BCUT2D eigenvalue weighted by Gasteiger charge is 2.61. The molecule has 0 amide bonds. The second-order valence-electron chi connectivity index (χ2n) is 5.53. The van der Waals surface area contributed by atoms with Gasteiger partial charge in [0.1, 0.15) is 0 Å². The first-order chi connectivity index (χ1) is 6.01. The Hall–Kier alpha value is -0.300. The molecule has 1 heterocycles. The van der Waals surface area contributed by atoms with Crippen LogP contribution in [-0.2, 0) is 0 Å². The Morgan fingerprint density at radius 3 is 2.31 bits per heavy atom. The van der Waals surface area contributed by atoms with Crippen LogP contribution in [0.2, 0.25) is 0 Å². The summed E-state index contributed by atoms with van der Waals surface area (Å²) in [5.74, 6) is 2.00. The van der Waals surface area contributed by atoms with Crippen molar-refractivity contribution in [1.82, 2.24) is 4.90 Å². The van der Waals surface area contributed by atoms with Crippen LogP contribution in [0.4, 0.5) is 0 Å². The van der Waals surface area contributed by atoms with Crippen molar-refractivity contribution in [1.29, 1.82) is 0 Å². The number of piperidine rings is 1. The largest absolute Gasteiger partial charge is 0.299 e. The Labute approximate surface area is 81.8 Å². The van der Waals surface area contributed by atoms with E-state index in [1.807, 2.05) is 0 Å². The quantitative estimate of drug-likeness (QED) is 0.589. The number of nitrogens with zero attached hydrogens (tertiary/aromatic N) is 1. The van der Waals surface area contributed by atoms with Crippen molar-refractivity contribution in [3.05, 3.63) is 11.6 Å². The van der Waals surface area contributed by atoms with Crippen LogP contribution in [0.15, 0.2) is 11.6 Å². The molecule has 2 rings (SSSR count). The van der Waals surface area contributed by atoms with Crippen LogP contribution in [0.3, 0.4) is 0 Å². The number of allylic oxidation sites excluding steroid dienone is 1. The molecule has 0 spiro atoms. The van der Waals surface area contributed by atoms with Gasteiger partial charge in [-0.3, -0.25) is 4.90 Å². The van der Waals surface area contributed by atoms with Crippen LogP contribution in [0, 0.1) is 17.3 Å². The van der Waals surface area contributed by atoms with Crippen LogP contribution >= 0.6 is 0 Å². The minimum absolute atomic E-state index is 0.668. The fraction of sp³-hybridized carbons (Fsp3) is 0.833. The molecule has 0 aromatic rings. The molecule has 2 aliphatic rings. The molecule has 1 nitrogen and oxygen atoms in total. The zero-order valence-corrected chi connectivity index (χ0v) is 9.30. The van der Waals surface area contributed by atoms with Crippen LogP contribution in [0.5, 0.6) is 0 Å². The van der Waals surface area contributed by atoms with E-state index < -0.39 is 0 Å². The van der Waals surface area contributed by atoms with E-state index in [9.17, 15) is 0 Å². The van der Waals surface area contributed by atoms with Crippen molar-refractivity contribution in [2.45, 2.75) is 27.7 Å². The Morgan fingerprint density at radius 1 is 1.31 bits per heavy atom. The minimum atomic E-state index is 0.668. The number of fused-ring (bicyclic) bond motifs is 1. The van der Waals surface area contributed by atoms with Gasteiger partial charge in [-0.2, -0.15) is 0 Å².